The van der Waals surface area contributed by atoms with Gasteiger partial charge in [0.15, 0.2) is 0 Å². The number of hydrogen-bond donors (Lipinski definition) is 0. The summed E-state index contributed by atoms with van der Waals surface area (Å²) in [7, 11) is 1.56. The van der Waals surface area contributed by atoms with Crippen molar-refractivity contribution in [3.05, 3.63) is 24.3 Å². The van der Waals surface area contributed by atoms with E-state index >= 15 is 0 Å². The molecule has 1 heterocycles. The fourth-order valence-corrected chi connectivity index (χ4v) is 0.982. The van der Waals surface area contributed by atoms with Gasteiger partial charge in [0.1, 0.15) is 18.1 Å². The van der Waals surface area contributed by atoms with Crippen LogP contribution in [0, 0.1) is 0 Å². The van der Waals surface area contributed by atoms with Crippen LogP contribution in [0.5, 0.6) is 0 Å². The molecule has 0 aliphatic rings. The van der Waals surface area contributed by atoms with Gasteiger partial charge in [0.2, 0.25) is 0 Å². The van der Waals surface area contributed by atoms with Crippen molar-refractivity contribution in [3.63, 3.8) is 0 Å². The molecule has 0 spiro atoms. The molecular formula is C7H7N3O. The lowest BCUT2D eigenvalue weighted by Crippen LogP contribution is -2.06. The van der Waals surface area contributed by atoms with E-state index in [0.29, 0.717) is 0 Å². The summed E-state index contributed by atoms with van der Waals surface area (Å²) >= 11 is 0. The summed E-state index contributed by atoms with van der Waals surface area (Å²) in [6.07, 6.45) is 0. The van der Waals surface area contributed by atoms with Crippen molar-refractivity contribution in [2.24, 2.45) is 0 Å². The Morgan fingerprint density at radius 1 is 1.36 bits per heavy atom. The van der Waals surface area contributed by atoms with Crippen LogP contribution in [0.15, 0.2) is 24.3 Å². The largest absolute Gasteiger partial charge is 0.398 e. The second kappa shape index (κ2) is 2.23. The first kappa shape index (κ1) is 6.15. The number of benzene rings is 1. The van der Waals surface area contributed by atoms with Crippen LogP contribution in [-0.2, 0) is 0 Å². The van der Waals surface area contributed by atoms with E-state index in [9.17, 15) is 0 Å². The van der Waals surface area contributed by atoms with E-state index in [2.05, 4.69) is 10.3 Å². The molecule has 11 heavy (non-hydrogen) atoms. The van der Waals surface area contributed by atoms with Crippen LogP contribution >= 0.6 is 0 Å². The highest BCUT2D eigenvalue weighted by Gasteiger charge is 2.00. The Kier molecular flexibility index (Phi) is 1.25. The normalized spacial score (nSPS) is 10.3. The number of fused-ring (bicyclic) bond motifs is 1. The molecule has 0 saturated heterocycles. The van der Waals surface area contributed by atoms with Gasteiger partial charge in [-0.25, -0.2) is 0 Å². The molecule has 0 N–H and O–H groups in total. The van der Waals surface area contributed by atoms with E-state index in [1.807, 2.05) is 24.3 Å². The Balaban J connectivity index is 2.76. The van der Waals surface area contributed by atoms with Gasteiger partial charge in [-0.2, -0.15) is 0 Å². The summed E-state index contributed by atoms with van der Waals surface area (Å²) in [6, 6.07) is 7.62. The predicted molar refractivity (Wildman–Crippen MR) is 40.0 cm³/mol. The second-order valence-corrected chi connectivity index (χ2v) is 2.13. The van der Waals surface area contributed by atoms with Crippen molar-refractivity contribution in [3.8, 4) is 0 Å². The molecule has 2 rings (SSSR count). The third-order valence-corrected chi connectivity index (χ3v) is 1.49. The van der Waals surface area contributed by atoms with Crippen molar-refractivity contribution in [2.45, 2.75) is 0 Å². The molecule has 0 unspecified atom stereocenters. The van der Waals surface area contributed by atoms with Crippen LogP contribution < -0.4 is 4.84 Å². The standard InChI is InChI=1S/C7H7N3O/c1-11-10-7-5-3-2-4-6(7)8-9-10/h2-5H,1H3. The quantitative estimate of drug-likeness (QED) is 0.592. The number of rotatable bonds is 1. The average Bonchev–Trinajstić information content (AvgIpc) is 2.47. The smallest absolute Gasteiger partial charge is 0.130 e. The van der Waals surface area contributed by atoms with Gasteiger partial charge in [-0.1, -0.05) is 17.0 Å². The molecule has 56 valence electrons. The Hall–Kier alpha value is -1.58. The van der Waals surface area contributed by atoms with Crippen LogP contribution in [0.1, 0.15) is 0 Å². The summed E-state index contributed by atoms with van der Waals surface area (Å²) < 4.78 is 0. The lowest BCUT2D eigenvalue weighted by molar-refractivity contribution is 0.139. The zero-order valence-corrected chi connectivity index (χ0v) is 6.06. The first-order valence-corrected chi connectivity index (χ1v) is 3.27. The lowest BCUT2D eigenvalue weighted by atomic mass is 10.3. The van der Waals surface area contributed by atoms with Gasteiger partial charge in [0.05, 0.1) is 0 Å². The minimum Gasteiger partial charge on any atom is -0.398 e. The molecule has 0 bridgehead atoms. The average molecular weight is 149 g/mol. The molecule has 0 amide bonds. The van der Waals surface area contributed by atoms with E-state index in [1.165, 1.54) is 4.85 Å². The van der Waals surface area contributed by atoms with Crippen molar-refractivity contribution in [1.82, 2.24) is 15.2 Å². The lowest BCUT2D eigenvalue weighted by Gasteiger charge is -1.95. The number of hydrogen-bond acceptors (Lipinski definition) is 3. The number of nitrogens with zero attached hydrogens (tertiary/aromatic N) is 3. The molecule has 0 radical (unpaired) electrons. The monoisotopic (exact) mass is 149 g/mol. The molecular weight excluding hydrogens is 142 g/mol. The molecule has 0 aliphatic heterocycles. The number of aromatic nitrogens is 3. The van der Waals surface area contributed by atoms with Gasteiger partial charge < -0.3 is 4.84 Å². The second-order valence-electron chi connectivity index (χ2n) is 2.13. The Bertz CT molecular complexity index is 368. The minimum absolute atomic E-state index is 0.842. The van der Waals surface area contributed by atoms with Gasteiger partial charge in [0.25, 0.3) is 0 Å². The first-order valence-electron chi connectivity index (χ1n) is 3.27. The Labute approximate surface area is 63.3 Å². The topological polar surface area (TPSA) is 39.9 Å². The van der Waals surface area contributed by atoms with Crippen LogP contribution in [-0.4, -0.2) is 22.3 Å². The van der Waals surface area contributed by atoms with Gasteiger partial charge >= 0.3 is 0 Å². The summed E-state index contributed by atoms with van der Waals surface area (Å²) in [6.45, 7) is 0. The van der Waals surface area contributed by atoms with Crippen LogP contribution in [0.25, 0.3) is 11.0 Å². The summed E-state index contributed by atoms with van der Waals surface area (Å²) in [5, 5.41) is 7.64. The predicted octanol–water partition coefficient (Wildman–Crippen LogP) is 0.490. The highest BCUT2D eigenvalue weighted by atomic mass is 16.7. The summed E-state index contributed by atoms with van der Waals surface area (Å²) in [5.74, 6) is 0. The summed E-state index contributed by atoms with van der Waals surface area (Å²) in [4.78, 5) is 6.29. The molecule has 0 saturated carbocycles. The number of para-hydroxylation sites is 1. The Morgan fingerprint density at radius 2 is 2.18 bits per heavy atom. The summed E-state index contributed by atoms with van der Waals surface area (Å²) in [5.41, 5.74) is 1.73. The van der Waals surface area contributed by atoms with Crippen molar-refractivity contribution >= 4 is 11.0 Å². The van der Waals surface area contributed by atoms with E-state index in [4.69, 9.17) is 4.84 Å². The van der Waals surface area contributed by atoms with E-state index in [-0.39, 0.29) is 0 Å². The third kappa shape index (κ3) is 0.832. The fraction of sp³-hybridized carbons (Fsp3) is 0.143. The van der Waals surface area contributed by atoms with Crippen molar-refractivity contribution in [1.29, 1.82) is 0 Å². The molecule has 0 atom stereocenters. The first-order chi connectivity index (χ1) is 5.42. The maximum absolute atomic E-state index is 4.91. The minimum atomic E-state index is 0.842. The maximum Gasteiger partial charge on any atom is 0.130 e. The van der Waals surface area contributed by atoms with Crippen LogP contribution in [0.2, 0.25) is 0 Å². The highest BCUT2D eigenvalue weighted by Crippen LogP contribution is 2.07. The highest BCUT2D eigenvalue weighted by molar-refractivity contribution is 5.73. The van der Waals surface area contributed by atoms with Crippen molar-refractivity contribution in [2.75, 3.05) is 7.11 Å². The molecule has 4 nitrogen and oxygen atoms in total. The molecule has 2 aromatic rings. The van der Waals surface area contributed by atoms with Gasteiger partial charge in [-0.3, -0.25) is 0 Å². The van der Waals surface area contributed by atoms with Gasteiger partial charge in [0, 0.05) is 0 Å². The Morgan fingerprint density at radius 3 is 3.00 bits per heavy atom. The van der Waals surface area contributed by atoms with E-state index in [1.54, 1.807) is 7.11 Å². The van der Waals surface area contributed by atoms with E-state index in [0.717, 1.165) is 11.0 Å². The molecule has 1 aromatic carbocycles. The third-order valence-electron chi connectivity index (χ3n) is 1.49. The van der Waals surface area contributed by atoms with E-state index < -0.39 is 0 Å². The van der Waals surface area contributed by atoms with Gasteiger partial charge in [-0.05, 0) is 17.3 Å². The SMILES string of the molecule is COn1nnc2ccccc21. The zero-order valence-electron chi connectivity index (χ0n) is 6.06. The molecule has 0 aliphatic carbocycles. The van der Waals surface area contributed by atoms with Crippen molar-refractivity contribution < 1.29 is 4.84 Å². The molecule has 4 heteroatoms. The van der Waals surface area contributed by atoms with Gasteiger partial charge in [-0.15, -0.1) is 5.10 Å². The molecule has 0 fully saturated rings. The maximum atomic E-state index is 4.91. The zero-order chi connectivity index (χ0) is 7.68. The van der Waals surface area contributed by atoms with Crippen LogP contribution in [0.3, 0.4) is 0 Å². The molecule has 1 aromatic heterocycles. The fourth-order valence-electron chi connectivity index (χ4n) is 0.982. The van der Waals surface area contributed by atoms with Crippen LogP contribution in [0.4, 0.5) is 0 Å².